The Balaban J connectivity index is 1.93. The molecular formula is C15H24N2O. The van der Waals surface area contributed by atoms with E-state index in [1.54, 1.807) is 6.20 Å². The zero-order chi connectivity index (χ0) is 13.1. The second-order valence-electron chi connectivity index (χ2n) is 5.71. The van der Waals surface area contributed by atoms with E-state index < -0.39 is 0 Å². The Bertz CT molecular complexity index is 375. The number of nitrogens with zero attached hydrogens (tertiary/aromatic N) is 1. The van der Waals surface area contributed by atoms with Crippen molar-refractivity contribution in [2.24, 2.45) is 17.6 Å². The predicted molar refractivity (Wildman–Crippen MR) is 73.4 cm³/mol. The topological polar surface area (TPSA) is 48.1 Å². The minimum Gasteiger partial charge on any atom is -0.489 e. The molecule has 2 N–H and O–H groups in total. The summed E-state index contributed by atoms with van der Waals surface area (Å²) in [6, 6.07) is 3.91. The molecule has 4 atom stereocenters. The van der Waals surface area contributed by atoms with Crippen molar-refractivity contribution in [2.75, 3.05) is 0 Å². The van der Waals surface area contributed by atoms with E-state index in [2.05, 4.69) is 18.8 Å². The molecule has 1 saturated carbocycles. The van der Waals surface area contributed by atoms with Crippen LogP contribution in [0.25, 0.3) is 0 Å². The van der Waals surface area contributed by atoms with Crippen LogP contribution in [-0.2, 0) is 0 Å². The van der Waals surface area contributed by atoms with Crippen LogP contribution in [0.1, 0.15) is 51.8 Å². The van der Waals surface area contributed by atoms with Gasteiger partial charge in [-0.2, -0.15) is 0 Å². The van der Waals surface area contributed by atoms with E-state index in [-0.39, 0.29) is 6.04 Å². The normalized spacial score (nSPS) is 29.9. The maximum Gasteiger partial charge on any atom is 0.138 e. The predicted octanol–water partition coefficient (Wildman–Crippen LogP) is 3.30. The highest BCUT2D eigenvalue weighted by Gasteiger charge is 2.25. The summed E-state index contributed by atoms with van der Waals surface area (Å²) in [5.74, 6) is 2.44. The lowest BCUT2D eigenvalue weighted by atomic mass is 9.80. The summed E-state index contributed by atoms with van der Waals surface area (Å²) in [6.07, 6.45) is 5.70. The maximum absolute atomic E-state index is 6.01. The molecule has 0 aromatic carbocycles. The van der Waals surface area contributed by atoms with E-state index >= 15 is 0 Å². The maximum atomic E-state index is 6.01. The van der Waals surface area contributed by atoms with E-state index in [0.717, 1.165) is 36.1 Å². The smallest absolute Gasteiger partial charge is 0.138 e. The van der Waals surface area contributed by atoms with Crippen LogP contribution in [0.4, 0.5) is 0 Å². The van der Waals surface area contributed by atoms with Gasteiger partial charge in [0, 0.05) is 6.04 Å². The summed E-state index contributed by atoms with van der Waals surface area (Å²) in [4.78, 5) is 4.33. The van der Waals surface area contributed by atoms with Crippen molar-refractivity contribution in [2.45, 2.75) is 52.2 Å². The molecule has 1 fully saturated rings. The molecule has 0 spiro atoms. The van der Waals surface area contributed by atoms with Gasteiger partial charge in [-0.1, -0.05) is 13.8 Å². The summed E-state index contributed by atoms with van der Waals surface area (Å²) in [6.45, 7) is 6.59. The number of hydrogen-bond donors (Lipinski definition) is 1. The number of ether oxygens (including phenoxy) is 1. The molecule has 0 aliphatic heterocycles. The van der Waals surface area contributed by atoms with Crippen LogP contribution in [0.15, 0.2) is 18.3 Å². The molecule has 0 radical (unpaired) electrons. The summed E-state index contributed by atoms with van der Waals surface area (Å²) in [5, 5.41) is 0. The molecular weight excluding hydrogens is 224 g/mol. The van der Waals surface area contributed by atoms with Crippen LogP contribution < -0.4 is 10.5 Å². The van der Waals surface area contributed by atoms with Crippen molar-refractivity contribution >= 4 is 0 Å². The first kappa shape index (κ1) is 13.3. The molecule has 3 nitrogen and oxygen atoms in total. The Labute approximate surface area is 110 Å². The molecule has 4 unspecified atom stereocenters. The second kappa shape index (κ2) is 5.70. The van der Waals surface area contributed by atoms with Gasteiger partial charge in [0.25, 0.3) is 0 Å². The van der Waals surface area contributed by atoms with E-state index in [1.807, 2.05) is 19.1 Å². The first-order valence-electron chi connectivity index (χ1n) is 6.94. The van der Waals surface area contributed by atoms with Crippen LogP contribution in [0.3, 0.4) is 0 Å². The van der Waals surface area contributed by atoms with E-state index in [9.17, 15) is 0 Å². The van der Waals surface area contributed by atoms with E-state index in [0.29, 0.717) is 6.10 Å². The lowest BCUT2D eigenvalue weighted by Crippen LogP contribution is -2.28. The number of pyridine rings is 1. The Morgan fingerprint density at radius 3 is 2.61 bits per heavy atom. The Morgan fingerprint density at radius 1 is 1.28 bits per heavy atom. The molecule has 3 heteroatoms. The van der Waals surface area contributed by atoms with Gasteiger partial charge in [0.1, 0.15) is 5.75 Å². The highest BCUT2D eigenvalue weighted by molar-refractivity contribution is 5.21. The average molecular weight is 248 g/mol. The van der Waals surface area contributed by atoms with Crippen molar-refractivity contribution in [1.29, 1.82) is 0 Å². The second-order valence-corrected chi connectivity index (χ2v) is 5.71. The van der Waals surface area contributed by atoms with Gasteiger partial charge in [0.15, 0.2) is 0 Å². The molecule has 1 aromatic rings. The SMILES string of the molecule is CC(N)c1ccc(OC2CCC(C)C(C)C2)cn1. The molecule has 2 rings (SSSR count). The van der Waals surface area contributed by atoms with Gasteiger partial charge >= 0.3 is 0 Å². The summed E-state index contributed by atoms with van der Waals surface area (Å²) < 4.78 is 6.01. The average Bonchev–Trinajstić information content (AvgIpc) is 2.34. The van der Waals surface area contributed by atoms with Crippen LogP contribution in [0.2, 0.25) is 0 Å². The Hall–Kier alpha value is -1.09. The van der Waals surface area contributed by atoms with Gasteiger partial charge in [-0.15, -0.1) is 0 Å². The Kier molecular flexibility index (Phi) is 4.23. The fraction of sp³-hybridized carbons (Fsp3) is 0.667. The van der Waals surface area contributed by atoms with Gasteiger partial charge in [-0.25, -0.2) is 0 Å². The molecule has 0 saturated heterocycles. The minimum atomic E-state index is -0.0189. The monoisotopic (exact) mass is 248 g/mol. The highest BCUT2D eigenvalue weighted by atomic mass is 16.5. The summed E-state index contributed by atoms with van der Waals surface area (Å²) in [5.41, 5.74) is 6.69. The zero-order valence-electron chi connectivity index (χ0n) is 11.6. The quantitative estimate of drug-likeness (QED) is 0.892. The van der Waals surface area contributed by atoms with E-state index in [1.165, 1.54) is 6.42 Å². The van der Waals surface area contributed by atoms with Gasteiger partial charge in [0.05, 0.1) is 18.0 Å². The summed E-state index contributed by atoms with van der Waals surface area (Å²) >= 11 is 0. The van der Waals surface area contributed by atoms with Gasteiger partial charge < -0.3 is 10.5 Å². The van der Waals surface area contributed by atoms with Crippen molar-refractivity contribution in [3.63, 3.8) is 0 Å². The van der Waals surface area contributed by atoms with Crippen molar-refractivity contribution in [3.8, 4) is 5.75 Å². The third-order valence-corrected chi connectivity index (χ3v) is 4.08. The summed E-state index contributed by atoms with van der Waals surface area (Å²) in [7, 11) is 0. The molecule has 1 aliphatic carbocycles. The fourth-order valence-electron chi connectivity index (χ4n) is 2.53. The molecule has 0 bridgehead atoms. The van der Waals surface area contributed by atoms with Crippen LogP contribution in [0, 0.1) is 11.8 Å². The standard InChI is InChI=1S/C15H24N2O/c1-10-4-5-13(8-11(10)2)18-14-6-7-15(12(3)16)17-9-14/h6-7,9-13H,4-5,8,16H2,1-3H3. The van der Waals surface area contributed by atoms with Crippen molar-refractivity contribution < 1.29 is 4.74 Å². The zero-order valence-corrected chi connectivity index (χ0v) is 11.6. The first-order valence-corrected chi connectivity index (χ1v) is 6.94. The van der Waals surface area contributed by atoms with E-state index in [4.69, 9.17) is 10.5 Å². The largest absolute Gasteiger partial charge is 0.489 e. The number of nitrogens with two attached hydrogens (primary N) is 1. The van der Waals surface area contributed by atoms with Crippen LogP contribution in [0.5, 0.6) is 5.75 Å². The number of hydrogen-bond acceptors (Lipinski definition) is 3. The van der Waals surface area contributed by atoms with Gasteiger partial charge in [-0.3, -0.25) is 4.98 Å². The van der Waals surface area contributed by atoms with Crippen LogP contribution >= 0.6 is 0 Å². The van der Waals surface area contributed by atoms with Crippen molar-refractivity contribution in [1.82, 2.24) is 4.98 Å². The lowest BCUT2D eigenvalue weighted by Gasteiger charge is -2.32. The molecule has 1 aliphatic rings. The highest BCUT2D eigenvalue weighted by Crippen LogP contribution is 2.31. The third-order valence-electron chi connectivity index (χ3n) is 4.08. The lowest BCUT2D eigenvalue weighted by molar-refractivity contribution is 0.100. The molecule has 100 valence electrons. The van der Waals surface area contributed by atoms with Crippen molar-refractivity contribution in [3.05, 3.63) is 24.0 Å². The number of rotatable bonds is 3. The number of aromatic nitrogens is 1. The fourth-order valence-corrected chi connectivity index (χ4v) is 2.53. The van der Waals surface area contributed by atoms with Crippen LogP contribution in [-0.4, -0.2) is 11.1 Å². The molecule has 1 heterocycles. The molecule has 1 aromatic heterocycles. The van der Waals surface area contributed by atoms with Gasteiger partial charge in [-0.05, 0) is 50.2 Å². The molecule has 0 amide bonds. The van der Waals surface area contributed by atoms with Gasteiger partial charge in [0.2, 0.25) is 0 Å². The third kappa shape index (κ3) is 3.22. The minimum absolute atomic E-state index is 0.0189. The Morgan fingerprint density at radius 2 is 2.06 bits per heavy atom. The first-order chi connectivity index (χ1) is 8.56. The molecule has 18 heavy (non-hydrogen) atoms.